The minimum Gasteiger partial charge on any atom is -0.314 e. The van der Waals surface area contributed by atoms with Crippen molar-refractivity contribution in [2.75, 3.05) is 26.2 Å². The van der Waals surface area contributed by atoms with E-state index in [0.717, 1.165) is 38.3 Å². The molecule has 2 nitrogen and oxygen atoms in total. The molecule has 1 fully saturated rings. The summed E-state index contributed by atoms with van der Waals surface area (Å²) in [5.41, 5.74) is -0.692. The van der Waals surface area contributed by atoms with Gasteiger partial charge in [-0.15, -0.1) is 0 Å². The van der Waals surface area contributed by atoms with Gasteiger partial charge >= 0.3 is 6.18 Å². The summed E-state index contributed by atoms with van der Waals surface area (Å²) in [6, 6.07) is 3.10. The van der Waals surface area contributed by atoms with Crippen molar-refractivity contribution in [2.45, 2.75) is 19.1 Å². The molecule has 1 aromatic rings. The van der Waals surface area contributed by atoms with Crippen LogP contribution in [-0.2, 0) is 6.18 Å². The van der Waals surface area contributed by atoms with Crippen LogP contribution >= 0.6 is 0 Å². The third-order valence-electron chi connectivity index (χ3n) is 3.48. The van der Waals surface area contributed by atoms with Gasteiger partial charge in [0.25, 0.3) is 0 Å². The highest BCUT2D eigenvalue weighted by molar-refractivity contribution is 5.29. The summed E-state index contributed by atoms with van der Waals surface area (Å²) < 4.78 is 51.2. The third-order valence-corrected chi connectivity index (χ3v) is 3.48. The highest BCUT2D eigenvalue weighted by atomic mass is 19.4. The van der Waals surface area contributed by atoms with Crippen LogP contribution in [0.4, 0.5) is 17.6 Å². The number of rotatable bonds is 2. The zero-order valence-electron chi connectivity index (χ0n) is 10.6. The molecular weight excluding hydrogens is 260 g/mol. The molecule has 1 aromatic carbocycles. The standard InChI is InChI=1S/C13H16F4N2/c1-9(19-6-4-18-5-7-19)10-2-3-12(14)11(8-10)13(15,16)17/h2-3,8-9,18H,4-7H2,1H3/t9-/m1/s1. The summed E-state index contributed by atoms with van der Waals surface area (Å²) in [6.45, 7) is 5.04. The van der Waals surface area contributed by atoms with Crippen LogP contribution in [0.25, 0.3) is 0 Å². The lowest BCUT2D eigenvalue weighted by Gasteiger charge is -2.33. The first kappa shape index (κ1) is 14.3. The second-order valence-electron chi connectivity index (χ2n) is 4.70. The SMILES string of the molecule is C[C@H](c1ccc(F)c(C(F)(F)F)c1)N1CCNCC1. The van der Waals surface area contributed by atoms with Gasteiger partial charge in [0.1, 0.15) is 5.82 Å². The predicted molar refractivity (Wildman–Crippen MR) is 64.3 cm³/mol. The molecule has 1 aliphatic heterocycles. The van der Waals surface area contributed by atoms with E-state index < -0.39 is 17.6 Å². The summed E-state index contributed by atoms with van der Waals surface area (Å²) in [7, 11) is 0. The normalized spacial score (nSPS) is 19.4. The van der Waals surface area contributed by atoms with Crippen LogP contribution in [-0.4, -0.2) is 31.1 Å². The number of alkyl halides is 3. The minimum absolute atomic E-state index is 0.149. The Balaban J connectivity index is 2.24. The first-order valence-electron chi connectivity index (χ1n) is 6.21. The van der Waals surface area contributed by atoms with E-state index in [9.17, 15) is 17.6 Å². The number of hydrogen-bond donors (Lipinski definition) is 1. The van der Waals surface area contributed by atoms with Gasteiger partial charge < -0.3 is 5.32 Å². The van der Waals surface area contributed by atoms with Gasteiger partial charge in [-0.2, -0.15) is 13.2 Å². The fourth-order valence-electron chi connectivity index (χ4n) is 2.30. The van der Waals surface area contributed by atoms with Crippen LogP contribution in [0.5, 0.6) is 0 Å². The highest BCUT2D eigenvalue weighted by Crippen LogP contribution is 2.33. The molecule has 19 heavy (non-hydrogen) atoms. The molecule has 1 heterocycles. The maximum Gasteiger partial charge on any atom is 0.419 e. The van der Waals surface area contributed by atoms with Crippen LogP contribution in [0.3, 0.4) is 0 Å². The number of nitrogens with one attached hydrogen (secondary N) is 1. The van der Waals surface area contributed by atoms with Crippen molar-refractivity contribution in [1.29, 1.82) is 0 Å². The molecule has 1 N–H and O–H groups in total. The van der Waals surface area contributed by atoms with Crippen LogP contribution < -0.4 is 5.32 Å². The van der Waals surface area contributed by atoms with Crippen molar-refractivity contribution in [3.63, 3.8) is 0 Å². The number of halogens is 4. The molecule has 0 amide bonds. The third kappa shape index (κ3) is 3.25. The molecule has 0 bridgehead atoms. The Hall–Kier alpha value is -1.14. The highest BCUT2D eigenvalue weighted by Gasteiger charge is 2.34. The van der Waals surface area contributed by atoms with Crippen molar-refractivity contribution in [1.82, 2.24) is 10.2 Å². The molecule has 0 unspecified atom stereocenters. The van der Waals surface area contributed by atoms with Gasteiger partial charge in [-0.3, -0.25) is 4.90 Å². The Morgan fingerprint density at radius 3 is 2.42 bits per heavy atom. The summed E-state index contributed by atoms with van der Waals surface area (Å²) >= 11 is 0. The Labute approximate surface area is 109 Å². The lowest BCUT2D eigenvalue weighted by Crippen LogP contribution is -2.44. The van der Waals surface area contributed by atoms with E-state index in [2.05, 4.69) is 10.2 Å². The largest absolute Gasteiger partial charge is 0.419 e. The molecule has 6 heteroatoms. The Kier molecular flexibility index (Phi) is 4.10. The van der Waals surface area contributed by atoms with E-state index in [0.29, 0.717) is 5.56 Å². The van der Waals surface area contributed by atoms with Gasteiger partial charge in [0.15, 0.2) is 0 Å². The smallest absolute Gasteiger partial charge is 0.314 e. The van der Waals surface area contributed by atoms with Crippen LogP contribution in [0.1, 0.15) is 24.1 Å². The van der Waals surface area contributed by atoms with Crippen LogP contribution in [0, 0.1) is 5.82 Å². The van der Waals surface area contributed by atoms with Crippen molar-refractivity contribution in [3.05, 3.63) is 35.1 Å². The lowest BCUT2D eigenvalue weighted by molar-refractivity contribution is -0.140. The maximum atomic E-state index is 13.2. The molecule has 0 radical (unpaired) electrons. The molecule has 0 aliphatic carbocycles. The van der Waals surface area contributed by atoms with Crippen LogP contribution in [0.15, 0.2) is 18.2 Å². The number of benzene rings is 1. The summed E-state index contributed by atoms with van der Waals surface area (Å²) in [4.78, 5) is 2.09. The fourth-order valence-corrected chi connectivity index (χ4v) is 2.30. The molecule has 0 spiro atoms. The van der Waals surface area contributed by atoms with Crippen molar-refractivity contribution < 1.29 is 17.6 Å². The molecule has 0 aromatic heterocycles. The van der Waals surface area contributed by atoms with E-state index in [-0.39, 0.29) is 6.04 Å². The van der Waals surface area contributed by atoms with Gasteiger partial charge in [-0.1, -0.05) is 6.07 Å². The number of nitrogens with zero attached hydrogens (tertiary/aromatic N) is 1. The number of piperazine rings is 1. The number of hydrogen-bond acceptors (Lipinski definition) is 2. The summed E-state index contributed by atoms with van der Waals surface area (Å²) in [5, 5.41) is 3.18. The molecule has 1 aliphatic rings. The second-order valence-corrected chi connectivity index (χ2v) is 4.70. The average Bonchev–Trinajstić information content (AvgIpc) is 2.38. The zero-order valence-corrected chi connectivity index (χ0v) is 10.6. The van der Waals surface area contributed by atoms with E-state index in [4.69, 9.17) is 0 Å². The van der Waals surface area contributed by atoms with Gasteiger partial charge in [-0.05, 0) is 24.6 Å². The summed E-state index contributed by atoms with van der Waals surface area (Å²) in [6.07, 6.45) is -4.65. The van der Waals surface area contributed by atoms with Gasteiger partial charge in [0.2, 0.25) is 0 Å². The van der Waals surface area contributed by atoms with E-state index in [1.165, 1.54) is 6.07 Å². The quantitative estimate of drug-likeness (QED) is 0.836. The van der Waals surface area contributed by atoms with E-state index in [1.807, 2.05) is 6.92 Å². The van der Waals surface area contributed by atoms with Gasteiger partial charge in [-0.25, -0.2) is 4.39 Å². The Morgan fingerprint density at radius 1 is 1.21 bits per heavy atom. The van der Waals surface area contributed by atoms with E-state index >= 15 is 0 Å². The molecular formula is C13H16F4N2. The first-order chi connectivity index (χ1) is 8.89. The molecule has 106 valence electrons. The van der Waals surface area contributed by atoms with Gasteiger partial charge in [0, 0.05) is 32.2 Å². The van der Waals surface area contributed by atoms with Crippen molar-refractivity contribution in [3.8, 4) is 0 Å². The Bertz CT molecular complexity index is 439. The van der Waals surface area contributed by atoms with Crippen LogP contribution in [0.2, 0.25) is 0 Å². The zero-order chi connectivity index (χ0) is 14.0. The molecule has 2 rings (SSSR count). The average molecular weight is 276 g/mol. The minimum atomic E-state index is -4.65. The topological polar surface area (TPSA) is 15.3 Å². The molecule has 1 saturated heterocycles. The summed E-state index contributed by atoms with van der Waals surface area (Å²) in [5.74, 6) is -1.22. The fraction of sp³-hybridized carbons (Fsp3) is 0.538. The second kappa shape index (κ2) is 5.46. The van der Waals surface area contributed by atoms with Crippen molar-refractivity contribution in [2.24, 2.45) is 0 Å². The monoisotopic (exact) mass is 276 g/mol. The molecule has 1 atom stereocenters. The maximum absolute atomic E-state index is 13.2. The van der Waals surface area contributed by atoms with Crippen molar-refractivity contribution >= 4 is 0 Å². The lowest BCUT2D eigenvalue weighted by atomic mass is 10.0. The molecule has 0 saturated carbocycles. The Morgan fingerprint density at radius 2 is 1.84 bits per heavy atom. The van der Waals surface area contributed by atoms with Gasteiger partial charge in [0.05, 0.1) is 5.56 Å². The predicted octanol–water partition coefficient (Wildman–Crippen LogP) is 2.81. The van der Waals surface area contributed by atoms with E-state index in [1.54, 1.807) is 0 Å². The first-order valence-corrected chi connectivity index (χ1v) is 6.21.